The van der Waals surface area contributed by atoms with Gasteiger partial charge in [0.1, 0.15) is 16.5 Å². The van der Waals surface area contributed by atoms with Crippen molar-refractivity contribution in [3.05, 3.63) is 45.7 Å². The molecule has 0 radical (unpaired) electrons. The summed E-state index contributed by atoms with van der Waals surface area (Å²) in [5.41, 5.74) is 1.53. The summed E-state index contributed by atoms with van der Waals surface area (Å²) in [7, 11) is 1.36. The van der Waals surface area contributed by atoms with Crippen LogP contribution < -0.4 is 5.32 Å². The number of anilines is 1. The molecule has 1 aliphatic rings. The van der Waals surface area contributed by atoms with Crippen LogP contribution in [0.2, 0.25) is 0 Å². The van der Waals surface area contributed by atoms with Crippen LogP contribution in [-0.2, 0) is 22.4 Å². The van der Waals surface area contributed by atoms with Crippen molar-refractivity contribution in [2.24, 2.45) is 0 Å². The van der Waals surface area contributed by atoms with Crippen molar-refractivity contribution in [3.8, 4) is 0 Å². The summed E-state index contributed by atoms with van der Waals surface area (Å²) in [6.45, 7) is 1.84. The minimum absolute atomic E-state index is 0.298. The molecule has 2 aromatic heterocycles. The van der Waals surface area contributed by atoms with Crippen LogP contribution in [0.3, 0.4) is 0 Å². The molecule has 126 valence electrons. The largest absolute Gasteiger partial charge is 0.465 e. The molecular formula is C18H19NO4S. The number of esters is 1. The van der Waals surface area contributed by atoms with E-state index < -0.39 is 5.97 Å². The molecule has 5 nitrogen and oxygen atoms in total. The zero-order valence-corrected chi connectivity index (χ0v) is 14.5. The van der Waals surface area contributed by atoms with E-state index in [1.165, 1.54) is 29.4 Å². The number of amides is 1. The maximum absolute atomic E-state index is 12.2. The second-order valence-corrected chi connectivity index (χ2v) is 6.78. The van der Waals surface area contributed by atoms with Gasteiger partial charge in [0, 0.05) is 11.0 Å². The molecule has 0 fully saturated rings. The Morgan fingerprint density at radius 1 is 1.29 bits per heavy atom. The highest BCUT2D eigenvalue weighted by atomic mass is 32.1. The van der Waals surface area contributed by atoms with Crippen molar-refractivity contribution in [2.45, 2.75) is 32.6 Å². The van der Waals surface area contributed by atoms with Crippen molar-refractivity contribution in [1.82, 2.24) is 0 Å². The molecule has 0 spiro atoms. The smallest absolute Gasteiger partial charge is 0.341 e. The van der Waals surface area contributed by atoms with Crippen LogP contribution in [0.1, 0.15) is 45.2 Å². The van der Waals surface area contributed by atoms with Gasteiger partial charge in [-0.15, -0.1) is 11.3 Å². The van der Waals surface area contributed by atoms with Gasteiger partial charge in [-0.05, 0) is 56.4 Å². The lowest BCUT2D eigenvalue weighted by Crippen LogP contribution is -2.13. The van der Waals surface area contributed by atoms with E-state index >= 15 is 0 Å². The Labute approximate surface area is 144 Å². The van der Waals surface area contributed by atoms with Crippen LogP contribution in [0.15, 0.2) is 22.6 Å². The minimum atomic E-state index is -0.393. The molecule has 0 bridgehead atoms. The lowest BCUT2D eigenvalue weighted by atomic mass is 9.95. The number of furan rings is 1. The van der Waals surface area contributed by atoms with E-state index in [9.17, 15) is 9.59 Å². The highest BCUT2D eigenvalue weighted by molar-refractivity contribution is 7.17. The fourth-order valence-corrected chi connectivity index (χ4v) is 4.11. The number of methoxy groups -OCH3 is 1. The van der Waals surface area contributed by atoms with Crippen LogP contribution in [0, 0.1) is 6.92 Å². The summed E-state index contributed by atoms with van der Waals surface area (Å²) in [6, 6.07) is 3.63. The molecule has 0 saturated heterocycles. The van der Waals surface area contributed by atoms with Crippen molar-refractivity contribution in [1.29, 1.82) is 0 Å². The molecule has 0 atom stereocenters. The van der Waals surface area contributed by atoms with Gasteiger partial charge < -0.3 is 14.5 Å². The second-order valence-electron chi connectivity index (χ2n) is 5.68. The number of hydrogen-bond donors (Lipinski definition) is 1. The number of rotatable bonds is 4. The predicted molar refractivity (Wildman–Crippen MR) is 93.4 cm³/mol. The van der Waals surface area contributed by atoms with Crippen molar-refractivity contribution in [2.75, 3.05) is 12.4 Å². The van der Waals surface area contributed by atoms with E-state index in [2.05, 4.69) is 5.32 Å². The SMILES string of the molecule is COC(=O)c1c(NC(=O)/C=C/c2ccc(C)o2)sc2c1CCCC2. The standard InChI is InChI=1S/C18H19NO4S/c1-11-7-8-12(23-11)9-10-15(20)19-17-16(18(21)22-2)13-5-3-4-6-14(13)24-17/h7-10H,3-6H2,1-2H3,(H,19,20)/b10-9+. The van der Waals surface area contributed by atoms with E-state index in [0.29, 0.717) is 16.3 Å². The Kier molecular flexibility index (Phi) is 4.85. The minimum Gasteiger partial charge on any atom is -0.465 e. The summed E-state index contributed by atoms with van der Waals surface area (Å²) in [5, 5.41) is 3.38. The Balaban J connectivity index is 1.81. The number of carbonyl (C=O) groups excluding carboxylic acids is 2. The van der Waals surface area contributed by atoms with Crippen molar-refractivity contribution in [3.63, 3.8) is 0 Å². The Hall–Kier alpha value is -2.34. The third-order valence-electron chi connectivity index (χ3n) is 3.96. The molecule has 3 rings (SSSR count). The van der Waals surface area contributed by atoms with Crippen LogP contribution in [0.4, 0.5) is 5.00 Å². The van der Waals surface area contributed by atoms with Gasteiger partial charge in [-0.2, -0.15) is 0 Å². The molecular weight excluding hydrogens is 326 g/mol. The summed E-state index contributed by atoms with van der Waals surface area (Å²) in [6.07, 6.45) is 6.97. The van der Waals surface area contributed by atoms with Crippen LogP contribution in [0.25, 0.3) is 6.08 Å². The molecule has 2 aromatic rings. The van der Waals surface area contributed by atoms with Gasteiger partial charge in [0.25, 0.3) is 0 Å². The van der Waals surface area contributed by atoms with Gasteiger partial charge >= 0.3 is 5.97 Å². The number of hydrogen-bond acceptors (Lipinski definition) is 5. The zero-order chi connectivity index (χ0) is 17.1. The molecule has 2 heterocycles. The highest BCUT2D eigenvalue weighted by Crippen LogP contribution is 2.38. The molecule has 1 N–H and O–H groups in total. The van der Waals surface area contributed by atoms with E-state index in [1.54, 1.807) is 12.1 Å². The Bertz CT molecular complexity index is 800. The van der Waals surface area contributed by atoms with Gasteiger partial charge in [0.05, 0.1) is 12.7 Å². The molecule has 0 unspecified atom stereocenters. The monoisotopic (exact) mass is 345 g/mol. The molecule has 1 aliphatic carbocycles. The fourth-order valence-electron chi connectivity index (χ4n) is 2.83. The highest BCUT2D eigenvalue weighted by Gasteiger charge is 2.26. The number of thiophene rings is 1. The third kappa shape index (κ3) is 3.43. The van der Waals surface area contributed by atoms with Crippen LogP contribution in [0.5, 0.6) is 0 Å². The summed E-state index contributed by atoms with van der Waals surface area (Å²) < 4.78 is 10.3. The van der Waals surface area contributed by atoms with E-state index in [4.69, 9.17) is 9.15 Å². The normalized spacial score (nSPS) is 13.8. The first-order chi connectivity index (χ1) is 11.6. The van der Waals surface area contributed by atoms with Crippen molar-refractivity contribution >= 4 is 34.3 Å². The second kappa shape index (κ2) is 7.05. The van der Waals surface area contributed by atoms with Crippen LogP contribution in [-0.4, -0.2) is 19.0 Å². The number of nitrogens with one attached hydrogen (secondary N) is 1. The lowest BCUT2D eigenvalue weighted by molar-refractivity contribution is -0.111. The molecule has 0 saturated carbocycles. The molecule has 6 heteroatoms. The summed E-state index contributed by atoms with van der Waals surface area (Å²) in [4.78, 5) is 25.5. The molecule has 0 aliphatic heterocycles. The maximum Gasteiger partial charge on any atom is 0.341 e. The van der Waals surface area contributed by atoms with E-state index in [-0.39, 0.29) is 5.91 Å². The van der Waals surface area contributed by atoms with Gasteiger partial charge in [0.2, 0.25) is 5.91 Å². The average molecular weight is 345 g/mol. The molecule has 1 amide bonds. The van der Waals surface area contributed by atoms with Gasteiger partial charge in [-0.25, -0.2) is 4.79 Å². The predicted octanol–water partition coefficient (Wildman–Crippen LogP) is 3.97. The number of fused-ring (bicyclic) bond motifs is 1. The molecule has 0 aromatic carbocycles. The first-order valence-corrected chi connectivity index (χ1v) is 8.68. The molecule has 24 heavy (non-hydrogen) atoms. The fraction of sp³-hybridized carbons (Fsp3) is 0.333. The quantitative estimate of drug-likeness (QED) is 0.672. The average Bonchev–Trinajstić information content (AvgIpc) is 3.15. The lowest BCUT2D eigenvalue weighted by Gasteiger charge is -2.11. The first-order valence-electron chi connectivity index (χ1n) is 7.87. The number of ether oxygens (including phenoxy) is 1. The van der Waals surface area contributed by atoms with E-state index in [1.807, 2.05) is 13.0 Å². The topological polar surface area (TPSA) is 68.5 Å². The van der Waals surface area contributed by atoms with Crippen molar-refractivity contribution < 1.29 is 18.7 Å². The van der Waals surface area contributed by atoms with Gasteiger partial charge in [-0.3, -0.25) is 4.79 Å². The van der Waals surface area contributed by atoms with Crippen LogP contribution >= 0.6 is 11.3 Å². The zero-order valence-electron chi connectivity index (χ0n) is 13.7. The van der Waals surface area contributed by atoms with E-state index in [0.717, 1.165) is 37.0 Å². The summed E-state index contributed by atoms with van der Waals surface area (Å²) in [5.74, 6) is 0.707. The third-order valence-corrected chi connectivity index (χ3v) is 5.16. The Morgan fingerprint density at radius 2 is 2.08 bits per heavy atom. The Morgan fingerprint density at radius 3 is 2.79 bits per heavy atom. The summed E-state index contributed by atoms with van der Waals surface area (Å²) >= 11 is 1.47. The number of carbonyl (C=O) groups is 2. The van der Waals surface area contributed by atoms with Gasteiger partial charge in [0.15, 0.2) is 0 Å². The number of aryl methyl sites for hydroxylation is 2. The van der Waals surface area contributed by atoms with Gasteiger partial charge in [-0.1, -0.05) is 0 Å². The first kappa shape index (κ1) is 16.5. The maximum atomic E-state index is 12.2.